The molecule has 176 valence electrons. The minimum atomic E-state index is -5.08. The first-order valence-electron chi connectivity index (χ1n) is 10.5. The maximum Gasteiger partial charge on any atom is 0.490 e. The van der Waals surface area contributed by atoms with Gasteiger partial charge in [0.2, 0.25) is 0 Å². The molecular weight excluding hydrogens is 429 g/mol. The highest BCUT2D eigenvalue weighted by Crippen LogP contribution is 2.16. The number of nitrogens with zero attached hydrogens (tertiary/aromatic N) is 1. The van der Waals surface area contributed by atoms with Crippen LogP contribution in [0.15, 0.2) is 72.8 Å². The van der Waals surface area contributed by atoms with Crippen molar-refractivity contribution in [1.82, 2.24) is 4.90 Å². The molecule has 3 rings (SSSR count). The summed E-state index contributed by atoms with van der Waals surface area (Å²) in [5, 5.41) is 7.12. The number of alkyl halides is 3. The van der Waals surface area contributed by atoms with Gasteiger partial charge in [-0.15, -0.1) is 0 Å². The van der Waals surface area contributed by atoms with Gasteiger partial charge in [-0.25, -0.2) is 4.79 Å². The van der Waals surface area contributed by atoms with E-state index in [1.165, 1.54) is 33.4 Å². The number of aryl methyl sites for hydroxylation is 2. The monoisotopic (exact) mass is 458 g/mol. The van der Waals surface area contributed by atoms with Gasteiger partial charge in [0.1, 0.15) is 0 Å². The van der Waals surface area contributed by atoms with Crippen molar-refractivity contribution in [3.05, 3.63) is 106 Å². The number of benzene rings is 3. The van der Waals surface area contributed by atoms with Gasteiger partial charge in [0.05, 0.1) is 0 Å². The zero-order valence-corrected chi connectivity index (χ0v) is 18.8. The van der Waals surface area contributed by atoms with Crippen LogP contribution >= 0.6 is 0 Å². The normalized spacial score (nSPS) is 11.1. The van der Waals surface area contributed by atoms with E-state index < -0.39 is 12.1 Å². The second-order valence-electron chi connectivity index (χ2n) is 7.94. The largest absolute Gasteiger partial charge is 0.490 e. The number of carboxylic acid groups (broad SMARTS) is 1. The molecule has 0 aliphatic rings. The van der Waals surface area contributed by atoms with E-state index in [9.17, 15) is 13.2 Å². The maximum absolute atomic E-state index is 10.6. The van der Waals surface area contributed by atoms with Crippen molar-refractivity contribution >= 4 is 5.97 Å². The number of carboxylic acids is 1. The lowest BCUT2D eigenvalue weighted by Gasteiger charge is -2.23. The Kier molecular flexibility index (Phi) is 9.63. The van der Waals surface area contributed by atoms with Gasteiger partial charge >= 0.3 is 12.1 Å². The van der Waals surface area contributed by atoms with Gasteiger partial charge in [0.25, 0.3) is 0 Å². The van der Waals surface area contributed by atoms with Crippen LogP contribution in [0.2, 0.25) is 0 Å². The Labute approximate surface area is 192 Å². The molecule has 4 nitrogen and oxygen atoms in total. The highest BCUT2D eigenvalue weighted by atomic mass is 19.4. The molecule has 0 atom stereocenters. The van der Waals surface area contributed by atoms with Crippen molar-refractivity contribution in [1.29, 1.82) is 0 Å². The molecular formula is C26H29F3N2O2. The molecule has 0 heterocycles. The number of halogens is 3. The Morgan fingerprint density at radius 1 is 0.788 bits per heavy atom. The summed E-state index contributed by atoms with van der Waals surface area (Å²) in [6.07, 6.45) is -5.08. The van der Waals surface area contributed by atoms with E-state index in [0.717, 1.165) is 19.6 Å². The van der Waals surface area contributed by atoms with E-state index in [1.807, 2.05) is 0 Å². The van der Waals surface area contributed by atoms with Crippen molar-refractivity contribution in [2.24, 2.45) is 5.73 Å². The van der Waals surface area contributed by atoms with E-state index >= 15 is 0 Å². The van der Waals surface area contributed by atoms with Crippen LogP contribution in [-0.2, 0) is 31.0 Å². The predicted octanol–water partition coefficient (Wildman–Crippen LogP) is 5.60. The van der Waals surface area contributed by atoms with Gasteiger partial charge in [-0.05, 0) is 36.1 Å². The molecule has 0 unspecified atom stereocenters. The van der Waals surface area contributed by atoms with Crippen LogP contribution < -0.4 is 5.73 Å². The van der Waals surface area contributed by atoms with Crippen LogP contribution in [-0.4, -0.2) is 22.2 Å². The minimum absolute atomic E-state index is 0.587. The third-order valence-electron chi connectivity index (χ3n) is 4.93. The van der Waals surface area contributed by atoms with Crippen molar-refractivity contribution < 1.29 is 23.1 Å². The van der Waals surface area contributed by atoms with Crippen LogP contribution in [0.5, 0.6) is 0 Å². The fourth-order valence-corrected chi connectivity index (χ4v) is 3.18. The van der Waals surface area contributed by atoms with Crippen LogP contribution in [0, 0.1) is 13.8 Å². The van der Waals surface area contributed by atoms with E-state index in [1.54, 1.807) is 0 Å². The molecule has 3 aromatic carbocycles. The molecule has 0 fully saturated rings. The molecule has 0 aromatic heterocycles. The van der Waals surface area contributed by atoms with Gasteiger partial charge in [-0.2, -0.15) is 13.2 Å². The molecule has 33 heavy (non-hydrogen) atoms. The molecule has 7 heteroatoms. The summed E-state index contributed by atoms with van der Waals surface area (Å²) < 4.78 is 31.7. The van der Waals surface area contributed by atoms with Crippen molar-refractivity contribution in [3.8, 4) is 0 Å². The molecule has 0 aliphatic carbocycles. The first kappa shape index (κ1) is 26.1. The fraction of sp³-hybridized carbons (Fsp3) is 0.269. The van der Waals surface area contributed by atoms with Crippen molar-refractivity contribution in [3.63, 3.8) is 0 Å². The standard InChI is InChI=1S/C24H28N2.C2HF3O2/c1-19-6-10-21(11-7-19)16-26(17-22-12-8-20(2)9-13-22)18-24-5-3-4-23(14-24)15-25;3-2(4,5)1(6)7/h3-14H,15-18,25H2,1-2H3;(H,6,7). The van der Waals surface area contributed by atoms with Crippen LogP contribution in [0.3, 0.4) is 0 Å². The number of hydrogen-bond donors (Lipinski definition) is 2. The Morgan fingerprint density at radius 3 is 1.58 bits per heavy atom. The molecule has 0 saturated carbocycles. The quantitative estimate of drug-likeness (QED) is 0.484. The van der Waals surface area contributed by atoms with Gasteiger partial charge in [0.15, 0.2) is 0 Å². The highest BCUT2D eigenvalue weighted by Gasteiger charge is 2.38. The minimum Gasteiger partial charge on any atom is -0.475 e. The molecule has 0 saturated heterocycles. The molecule has 3 N–H and O–H groups in total. The number of aliphatic carboxylic acids is 1. The Morgan fingerprint density at radius 2 is 1.18 bits per heavy atom. The predicted molar refractivity (Wildman–Crippen MR) is 123 cm³/mol. The average molecular weight is 459 g/mol. The summed E-state index contributed by atoms with van der Waals surface area (Å²) in [6, 6.07) is 26.3. The fourth-order valence-electron chi connectivity index (χ4n) is 3.18. The lowest BCUT2D eigenvalue weighted by atomic mass is 10.1. The number of nitrogens with two attached hydrogens (primary N) is 1. The summed E-state index contributed by atoms with van der Waals surface area (Å²) in [5.74, 6) is -2.76. The molecule has 0 bridgehead atoms. The molecule has 3 aromatic rings. The summed E-state index contributed by atoms with van der Waals surface area (Å²) in [5.41, 5.74) is 13.6. The Hall–Kier alpha value is -3.16. The summed E-state index contributed by atoms with van der Waals surface area (Å²) in [4.78, 5) is 11.4. The zero-order valence-electron chi connectivity index (χ0n) is 18.8. The zero-order chi connectivity index (χ0) is 24.4. The molecule has 0 spiro atoms. The topological polar surface area (TPSA) is 66.6 Å². The summed E-state index contributed by atoms with van der Waals surface area (Å²) >= 11 is 0. The molecule has 0 radical (unpaired) electrons. The second-order valence-corrected chi connectivity index (χ2v) is 7.94. The second kappa shape index (κ2) is 12.2. The third-order valence-corrected chi connectivity index (χ3v) is 4.93. The van der Waals surface area contributed by atoms with Gasteiger partial charge in [0, 0.05) is 26.2 Å². The van der Waals surface area contributed by atoms with E-state index in [0.29, 0.717) is 6.54 Å². The smallest absolute Gasteiger partial charge is 0.475 e. The number of rotatable bonds is 7. The lowest BCUT2D eigenvalue weighted by molar-refractivity contribution is -0.192. The van der Waals surface area contributed by atoms with Crippen molar-refractivity contribution in [2.75, 3.05) is 0 Å². The molecule has 0 amide bonds. The van der Waals surface area contributed by atoms with E-state index in [4.69, 9.17) is 15.6 Å². The summed E-state index contributed by atoms with van der Waals surface area (Å²) in [7, 11) is 0. The maximum atomic E-state index is 10.6. The molecule has 0 aliphatic heterocycles. The Bertz CT molecular complexity index is 969. The van der Waals surface area contributed by atoms with Gasteiger partial charge < -0.3 is 10.8 Å². The van der Waals surface area contributed by atoms with Crippen LogP contribution in [0.4, 0.5) is 13.2 Å². The lowest BCUT2D eigenvalue weighted by Crippen LogP contribution is -2.22. The number of hydrogen-bond acceptors (Lipinski definition) is 3. The Balaban J connectivity index is 0.000000479. The van der Waals surface area contributed by atoms with Crippen LogP contribution in [0.1, 0.15) is 33.4 Å². The summed E-state index contributed by atoms with van der Waals surface area (Å²) in [6.45, 7) is 7.62. The van der Waals surface area contributed by atoms with E-state index in [-0.39, 0.29) is 0 Å². The average Bonchev–Trinajstić information content (AvgIpc) is 2.77. The third kappa shape index (κ3) is 9.47. The first-order chi connectivity index (χ1) is 15.6. The highest BCUT2D eigenvalue weighted by molar-refractivity contribution is 5.73. The van der Waals surface area contributed by atoms with Crippen molar-refractivity contribution in [2.45, 2.75) is 46.2 Å². The number of carbonyl (C=O) groups is 1. The van der Waals surface area contributed by atoms with Crippen LogP contribution in [0.25, 0.3) is 0 Å². The first-order valence-corrected chi connectivity index (χ1v) is 10.5. The SMILES string of the molecule is Cc1ccc(CN(Cc2ccc(C)cc2)Cc2cccc(CN)c2)cc1.O=C(O)C(F)(F)F. The van der Waals surface area contributed by atoms with E-state index in [2.05, 4.69) is 91.5 Å². The van der Waals surface area contributed by atoms with Gasteiger partial charge in [-0.1, -0.05) is 83.9 Å². The van der Waals surface area contributed by atoms with Gasteiger partial charge in [-0.3, -0.25) is 4.90 Å².